The zero-order chi connectivity index (χ0) is 15.4. The van der Waals surface area contributed by atoms with Gasteiger partial charge in [0, 0.05) is 12.3 Å². The summed E-state index contributed by atoms with van der Waals surface area (Å²) in [6.45, 7) is 0.516. The monoisotopic (exact) mass is 300 g/mol. The van der Waals surface area contributed by atoms with Crippen LogP contribution in [-0.4, -0.2) is 16.6 Å². The van der Waals surface area contributed by atoms with Crippen LogP contribution in [0.1, 0.15) is 49.3 Å². The topological polar surface area (TPSA) is 72.3 Å². The van der Waals surface area contributed by atoms with E-state index in [1.165, 1.54) is 6.42 Å². The molecule has 1 fully saturated rings. The summed E-state index contributed by atoms with van der Waals surface area (Å²) in [7, 11) is 0. The van der Waals surface area contributed by atoms with Crippen LogP contribution < -0.4 is 5.73 Å². The lowest BCUT2D eigenvalue weighted by Crippen LogP contribution is -2.38. The summed E-state index contributed by atoms with van der Waals surface area (Å²) in [5, 5.41) is 11.6. The Labute approximate surface area is 131 Å². The molecular formula is C18H24N2O2. The zero-order valence-corrected chi connectivity index (χ0v) is 12.9. The van der Waals surface area contributed by atoms with Gasteiger partial charge in [-0.1, -0.05) is 49.6 Å². The Morgan fingerprint density at radius 1 is 1.18 bits per heavy atom. The standard InChI is InChI=1S/C18H24N2O2/c19-12-11-16-13-20-17(22-16)18(21,14-7-3-1-4-8-14)15-9-5-2-6-10-15/h1,3-4,7-8,13,15,21H,2,5-6,9-12,19H2/t18-/m0/s1. The molecule has 0 unspecified atom stereocenters. The second-order valence-electron chi connectivity index (χ2n) is 6.14. The normalized spacial score (nSPS) is 19.0. The van der Waals surface area contributed by atoms with Crippen LogP contribution in [0.3, 0.4) is 0 Å². The molecule has 1 aromatic heterocycles. The maximum atomic E-state index is 11.6. The van der Waals surface area contributed by atoms with Crippen LogP contribution in [0, 0.1) is 5.92 Å². The molecule has 1 heterocycles. The van der Waals surface area contributed by atoms with Crippen molar-refractivity contribution >= 4 is 0 Å². The Hall–Kier alpha value is -1.65. The molecule has 1 saturated carbocycles. The summed E-state index contributed by atoms with van der Waals surface area (Å²) < 4.78 is 5.86. The Morgan fingerprint density at radius 3 is 2.59 bits per heavy atom. The van der Waals surface area contributed by atoms with Crippen molar-refractivity contribution < 1.29 is 9.52 Å². The van der Waals surface area contributed by atoms with Gasteiger partial charge in [-0.2, -0.15) is 0 Å². The summed E-state index contributed by atoms with van der Waals surface area (Å²) in [6, 6.07) is 9.78. The van der Waals surface area contributed by atoms with Crippen molar-refractivity contribution in [2.24, 2.45) is 11.7 Å². The molecule has 0 radical (unpaired) electrons. The first-order chi connectivity index (χ1) is 10.7. The highest BCUT2D eigenvalue weighted by molar-refractivity contribution is 5.30. The average Bonchev–Trinajstić information content (AvgIpc) is 3.05. The molecule has 0 saturated heterocycles. The van der Waals surface area contributed by atoms with Crippen molar-refractivity contribution in [2.75, 3.05) is 6.54 Å². The summed E-state index contributed by atoms with van der Waals surface area (Å²) >= 11 is 0. The van der Waals surface area contributed by atoms with E-state index in [1.54, 1.807) is 6.20 Å². The lowest BCUT2D eigenvalue weighted by atomic mass is 9.73. The number of benzene rings is 1. The van der Waals surface area contributed by atoms with Gasteiger partial charge in [0.05, 0.1) is 6.20 Å². The van der Waals surface area contributed by atoms with Gasteiger partial charge in [-0.05, 0) is 24.9 Å². The van der Waals surface area contributed by atoms with Crippen molar-refractivity contribution in [3.05, 3.63) is 53.7 Å². The van der Waals surface area contributed by atoms with E-state index >= 15 is 0 Å². The van der Waals surface area contributed by atoms with Crippen LogP contribution in [0.5, 0.6) is 0 Å². The largest absolute Gasteiger partial charge is 0.442 e. The molecule has 0 spiro atoms. The third-order valence-electron chi connectivity index (χ3n) is 4.68. The summed E-state index contributed by atoms with van der Waals surface area (Å²) in [5.41, 5.74) is 5.30. The second-order valence-corrected chi connectivity index (χ2v) is 6.14. The minimum absolute atomic E-state index is 0.146. The minimum Gasteiger partial charge on any atom is -0.442 e. The summed E-state index contributed by atoms with van der Waals surface area (Å²) in [4.78, 5) is 4.39. The quantitative estimate of drug-likeness (QED) is 0.890. The second kappa shape index (κ2) is 6.63. The van der Waals surface area contributed by atoms with Crippen LogP contribution in [0.2, 0.25) is 0 Å². The molecule has 118 valence electrons. The lowest BCUT2D eigenvalue weighted by molar-refractivity contribution is -0.0238. The summed E-state index contributed by atoms with van der Waals surface area (Å²) in [5.74, 6) is 1.30. The average molecular weight is 300 g/mol. The Bertz CT molecular complexity index is 590. The maximum Gasteiger partial charge on any atom is 0.231 e. The van der Waals surface area contributed by atoms with Crippen LogP contribution >= 0.6 is 0 Å². The van der Waals surface area contributed by atoms with Crippen molar-refractivity contribution in [3.63, 3.8) is 0 Å². The molecule has 4 nitrogen and oxygen atoms in total. The van der Waals surface area contributed by atoms with Gasteiger partial charge in [0.25, 0.3) is 0 Å². The van der Waals surface area contributed by atoms with Crippen LogP contribution in [0.25, 0.3) is 0 Å². The number of nitrogens with zero attached hydrogens (tertiary/aromatic N) is 1. The fourth-order valence-electron chi connectivity index (χ4n) is 3.49. The van der Waals surface area contributed by atoms with E-state index in [-0.39, 0.29) is 5.92 Å². The van der Waals surface area contributed by atoms with Crippen LogP contribution in [0.4, 0.5) is 0 Å². The van der Waals surface area contributed by atoms with E-state index in [1.807, 2.05) is 30.3 Å². The predicted octanol–water partition coefficient (Wildman–Crippen LogP) is 2.99. The van der Waals surface area contributed by atoms with E-state index in [9.17, 15) is 5.11 Å². The number of aliphatic hydroxyl groups is 1. The molecule has 2 aromatic rings. The molecule has 0 aliphatic heterocycles. The Morgan fingerprint density at radius 2 is 1.91 bits per heavy atom. The Kier molecular flexibility index (Phi) is 4.60. The van der Waals surface area contributed by atoms with Gasteiger partial charge in [-0.25, -0.2) is 4.98 Å². The SMILES string of the molecule is NCCc1cnc([C@](O)(c2ccccc2)C2CCCCC2)o1. The van der Waals surface area contributed by atoms with Gasteiger partial charge in [0.2, 0.25) is 5.89 Å². The molecule has 4 heteroatoms. The number of oxazole rings is 1. The molecule has 3 rings (SSSR count). The third-order valence-corrected chi connectivity index (χ3v) is 4.68. The fourth-order valence-corrected chi connectivity index (χ4v) is 3.49. The maximum absolute atomic E-state index is 11.6. The fraction of sp³-hybridized carbons (Fsp3) is 0.500. The van der Waals surface area contributed by atoms with E-state index in [0.29, 0.717) is 18.9 Å². The molecule has 1 aliphatic carbocycles. The number of nitrogens with two attached hydrogens (primary N) is 1. The number of hydrogen-bond donors (Lipinski definition) is 2. The van der Waals surface area contributed by atoms with Gasteiger partial charge in [-0.15, -0.1) is 0 Å². The number of hydrogen-bond acceptors (Lipinski definition) is 4. The van der Waals surface area contributed by atoms with Crippen molar-refractivity contribution in [1.82, 2.24) is 4.98 Å². The molecule has 1 aliphatic rings. The third kappa shape index (κ3) is 2.81. The molecule has 1 atom stereocenters. The first-order valence-corrected chi connectivity index (χ1v) is 8.18. The van der Waals surface area contributed by atoms with Crippen LogP contribution in [-0.2, 0) is 12.0 Å². The van der Waals surface area contributed by atoms with Gasteiger partial charge in [0.15, 0.2) is 5.60 Å². The molecule has 22 heavy (non-hydrogen) atoms. The Balaban J connectivity index is 2.01. The molecule has 1 aromatic carbocycles. The lowest BCUT2D eigenvalue weighted by Gasteiger charge is -2.36. The van der Waals surface area contributed by atoms with Gasteiger partial charge >= 0.3 is 0 Å². The molecule has 0 amide bonds. The number of aromatic nitrogens is 1. The molecule has 3 N–H and O–H groups in total. The van der Waals surface area contributed by atoms with E-state index in [2.05, 4.69) is 4.98 Å². The zero-order valence-electron chi connectivity index (χ0n) is 12.9. The van der Waals surface area contributed by atoms with Gasteiger partial charge in [-0.3, -0.25) is 0 Å². The van der Waals surface area contributed by atoms with Crippen molar-refractivity contribution in [1.29, 1.82) is 0 Å². The van der Waals surface area contributed by atoms with Gasteiger partial charge in [0.1, 0.15) is 5.76 Å². The molecule has 0 bridgehead atoms. The highest BCUT2D eigenvalue weighted by atomic mass is 16.4. The summed E-state index contributed by atoms with van der Waals surface area (Å²) in [6.07, 6.45) is 7.87. The highest BCUT2D eigenvalue weighted by Gasteiger charge is 2.44. The van der Waals surface area contributed by atoms with E-state index in [4.69, 9.17) is 10.2 Å². The van der Waals surface area contributed by atoms with E-state index in [0.717, 1.165) is 37.0 Å². The number of rotatable bonds is 5. The van der Waals surface area contributed by atoms with Gasteiger partial charge < -0.3 is 15.3 Å². The first-order valence-electron chi connectivity index (χ1n) is 8.18. The van der Waals surface area contributed by atoms with E-state index < -0.39 is 5.60 Å². The molecular weight excluding hydrogens is 276 g/mol. The smallest absolute Gasteiger partial charge is 0.231 e. The predicted molar refractivity (Wildman–Crippen MR) is 85.3 cm³/mol. The minimum atomic E-state index is -1.14. The first kappa shape index (κ1) is 15.3. The highest BCUT2D eigenvalue weighted by Crippen LogP contribution is 2.43. The van der Waals surface area contributed by atoms with Crippen LogP contribution in [0.15, 0.2) is 40.9 Å². The van der Waals surface area contributed by atoms with Crippen molar-refractivity contribution in [3.8, 4) is 0 Å². The van der Waals surface area contributed by atoms with Crippen molar-refractivity contribution in [2.45, 2.75) is 44.1 Å².